The van der Waals surface area contributed by atoms with Crippen LogP contribution in [0.25, 0.3) is 0 Å². The maximum absolute atomic E-state index is 9.98. The number of carbonyl (C=O) groups is 2. The van der Waals surface area contributed by atoms with Gasteiger partial charge in [0.1, 0.15) is 6.04 Å². The molecule has 0 rings (SSSR count). The summed E-state index contributed by atoms with van der Waals surface area (Å²) in [6, 6.07) is -0.867. The Morgan fingerprint density at radius 3 is 2.12 bits per heavy atom. The number of hydrogen-bond donors (Lipinski definition) is 5. The fraction of sp³-hybridized carbons (Fsp3) is 0.750. The van der Waals surface area contributed by atoms with Crippen molar-refractivity contribution in [3.05, 3.63) is 0 Å². The SMILES string of the molecule is NCC(Cl)CC(=O)O.NOCCC(N)C(=O)O. The first-order chi connectivity index (χ1) is 7.84. The molecule has 0 fully saturated rings. The van der Waals surface area contributed by atoms with E-state index >= 15 is 0 Å². The van der Waals surface area contributed by atoms with E-state index in [0.29, 0.717) is 0 Å². The van der Waals surface area contributed by atoms with Gasteiger partial charge < -0.3 is 26.5 Å². The Bertz CT molecular complexity index is 229. The van der Waals surface area contributed by atoms with Gasteiger partial charge in [-0.3, -0.25) is 9.59 Å². The van der Waals surface area contributed by atoms with Crippen LogP contribution in [0, 0.1) is 0 Å². The van der Waals surface area contributed by atoms with Gasteiger partial charge in [0, 0.05) is 6.54 Å². The molecule has 0 amide bonds. The van der Waals surface area contributed by atoms with Crippen molar-refractivity contribution in [2.45, 2.75) is 24.3 Å². The molecule has 0 bridgehead atoms. The molecule has 0 heterocycles. The molecule has 102 valence electrons. The van der Waals surface area contributed by atoms with Gasteiger partial charge in [-0.05, 0) is 6.42 Å². The van der Waals surface area contributed by atoms with E-state index in [9.17, 15) is 9.59 Å². The normalized spacial score (nSPS) is 13.2. The molecule has 0 aliphatic heterocycles. The molecule has 9 heteroatoms. The zero-order chi connectivity index (χ0) is 13.8. The standard InChI is InChI=1S/C4H8ClNO2.C4H10N2O3/c5-3(2-6)1-4(7)8;5-3(4(7)8)1-2-9-6/h3H,1-2,6H2,(H,7,8);3H,1-2,5-6H2,(H,7,8). The van der Waals surface area contributed by atoms with Crippen LogP contribution in [0.2, 0.25) is 0 Å². The van der Waals surface area contributed by atoms with Gasteiger partial charge >= 0.3 is 11.9 Å². The fourth-order valence-corrected chi connectivity index (χ4v) is 0.723. The van der Waals surface area contributed by atoms with E-state index in [1.807, 2.05) is 0 Å². The van der Waals surface area contributed by atoms with Gasteiger partial charge in [-0.25, -0.2) is 5.90 Å². The van der Waals surface area contributed by atoms with E-state index in [0.717, 1.165) is 0 Å². The van der Waals surface area contributed by atoms with Crippen molar-refractivity contribution in [1.29, 1.82) is 0 Å². The van der Waals surface area contributed by atoms with Gasteiger partial charge in [0.2, 0.25) is 0 Å². The first kappa shape index (κ1) is 18.4. The molecular formula is C8H18ClN3O5. The van der Waals surface area contributed by atoms with Crippen LogP contribution in [0.3, 0.4) is 0 Å². The summed E-state index contributed by atoms with van der Waals surface area (Å²) < 4.78 is 0. The van der Waals surface area contributed by atoms with Crippen LogP contribution in [0.15, 0.2) is 0 Å². The molecule has 8 nitrogen and oxygen atoms in total. The maximum atomic E-state index is 9.98. The van der Waals surface area contributed by atoms with Gasteiger partial charge in [-0.2, -0.15) is 0 Å². The second kappa shape index (κ2) is 11.6. The van der Waals surface area contributed by atoms with Crippen LogP contribution in [-0.2, 0) is 14.4 Å². The lowest BCUT2D eigenvalue weighted by Crippen LogP contribution is -2.31. The number of carboxylic acids is 2. The van der Waals surface area contributed by atoms with Crippen LogP contribution in [0.4, 0.5) is 0 Å². The first-order valence-electron chi connectivity index (χ1n) is 4.71. The van der Waals surface area contributed by atoms with Crippen molar-refractivity contribution in [1.82, 2.24) is 0 Å². The molecule has 2 unspecified atom stereocenters. The fourth-order valence-electron chi connectivity index (χ4n) is 0.591. The van der Waals surface area contributed by atoms with Crippen molar-refractivity contribution in [2.24, 2.45) is 17.4 Å². The molecule has 8 N–H and O–H groups in total. The first-order valence-corrected chi connectivity index (χ1v) is 5.14. The Balaban J connectivity index is 0. The Kier molecular flexibility index (Phi) is 12.5. The van der Waals surface area contributed by atoms with E-state index in [1.165, 1.54) is 0 Å². The Labute approximate surface area is 104 Å². The van der Waals surface area contributed by atoms with Gasteiger partial charge in [0.15, 0.2) is 0 Å². The average molecular weight is 272 g/mol. The minimum atomic E-state index is -1.04. The summed E-state index contributed by atoms with van der Waals surface area (Å²) in [5.74, 6) is 2.69. The van der Waals surface area contributed by atoms with E-state index < -0.39 is 23.4 Å². The van der Waals surface area contributed by atoms with Crippen molar-refractivity contribution < 1.29 is 24.6 Å². The number of hydrogen-bond acceptors (Lipinski definition) is 6. The molecule has 0 radical (unpaired) electrons. The van der Waals surface area contributed by atoms with Crippen molar-refractivity contribution in [2.75, 3.05) is 13.2 Å². The zero-order valence-corrected chi connectivity index (χ0v) is 9.97. The molecule has 17 heavy (non-hydrogen) atoms. The summed E-state index contributed by atoms with van der Waals surface area (Å²) in [4.78, 5) is 23.9. The third-order valence-corrected chi connectivity index (χ3v) is 1.85. The second-order valence-corrected chi connectivity index (χ2v) is 3.65. The smallest absolute Gasteiger partial charge is 0.320 e. The van der Waals surface area contributed by atoms with Crippen LogP contribution < -0.4 is 17.4 Å². The Hall–Kier alpha value is -0.930. The van der Waals surface area contributed by atoms with Crippen LogP contribution in [-0.4, -0.2) is 46.7 Å². The summed E-state index contributed by atoms with van der Waals surface area (Å²) in [7, 11) is 0. The predicted octanol–water partition coefficient (Wildman–Crippen LogP) is -1.29. The van der Waals surface area contributed by atoms with Gasteiger partial charge in [-0.1, -0.05) is 0 Å². The average Bonchev–Trinajstić information content (AvgIpc) is 2.25. The zero-order valence-electron chi connectivity index (χ0n) is 9.21. The molecule has 2 atom stereocenters. The molecular weight excluding hydrogens is 254 g/mol. The summed E-state index contributed by atoms with van der Waals surface area (Å²) in [5.41, 5.74) is 10.1. The van der Waals surface area contributed by atoms with Gasteiger partial charge in [0.25, 0.3) is 0 Å². The topological polar surface area (TPSA) is 162 Å². The lowest BCUT2D eigenvalue weighted by Gasteiger charge is -2.02. The highest BCUT2D eigenvalue weighted by Gasteiger charge is 2.09. The van der Waals surface area contributed by atoms with Crippen LogP contribution in [0.5, 0.6) is 0 Å². The molecule has 0 aliphatic carbocycles. The number of alkyl halides is 1. The molecule has 0 saturated heterocycles. The highest BCUT2D eigenvalue weighted by molar-refractivity contribution is 6.21. The monoisotopic (exact) mass is 271 g/mol. The van der Waals surface area contributed by atoms with Crippen molar-refractivity contribution >= 4 is 23.5 Å². The number of halogens is 1. The highest BCUT2D eigenvalue weighted by atomic mass is 35.5. The van der Waals surface area contributed by atoms with E-state index in [2.05, 4.69) is 10.7 Å². The van der Waals surface area contributed by atoms with E-state index in [-0.39, 0.29) is 26.0 Å². The molecule has 0 saturated carbocycles. The molecule has 0 aromatic rings. The maximum Gasteiger partial charge on any atom is 0.320 e. The summed E-state index contributed by atoms with van der Waals surface area (Å²) in [6.07, 6.45) is 0.184. The lowest BCUT2D eigenvalue weighted by molar-refractivity contribution is -0.139. The van der Waals surface area contributed by atoms with Crippen LogP contribution in [0.1, 0.15) is 12.8 Å². The molecule has 0 spiro atoms. The lowest BCUT2D eigenvalue weighted by atomic mass is 10.2. The highest BCUT2D eigenvalue weighted by Crippen LogP contribution is 1.97. The molecule has 0 aromatic heterocycles. The summed E-state index contributed by atoms with van der Waals surface area (Å²) in [6.45, 7) is 0.390. The van der Waals surface area contributed by atoms with Crippen LogP contribution >= 0.6 is 11.6 Å². The molecule has 0 aromatic carbocycles. The van der Waals surface area contributed by atoms with Gasteiger partial charge in [0.05, 0.1) is 18.4 Å². The van der Waals surface area contributed by atoms with E-state index in [4.69, 9.17) is 33.3 Å². The minimum Gasteiger partial charge on any atom is -0.481 e. The summed E-state index contributed by atoms with van der Waals surface area (Å²) in [5, 5.41) is 15.8. The van der Waals surface area contributed by atoms with Crippen molar-refractivity contribution in [3.8, 4) is 0 Å². The largest absolute Gasteiger partial charge is 0.481 e. The minimum absolute atomic E-state index is 0.0575. The predicted molar refractivity (Wildman–Crippen MR) is 61.3 cm³/mol. The number of rotatable bonds is 7. The second-order valence-electron chi connectivity index (χ2n) is 3.04. The Morgan fingerprint density at radius 2 is 1.88 bits per heavy atom. The Morgan fingerprint density at radius 1 is 1.35 bits per heavy atom. The van der Waals surface area contributed by atoms with E-state index in [1.54, 1.807) is 0 Å². The number of carboxylic acid groups (broad SMARTS) is 2. The quantitative estimate of drug-likeness (QED) is 0.282. The number of aliphatic carboxylic acids is 2. The third kappa shape index (κ3) is 15.1. The third-order valence-electron chi connectivity index (χ3n) is 1.52. The van der Waals surface area contributed by atoms with Crippen molar-refractivity contribution in [3.63, 3.8) is 0 Å². The molecule has 0 aliphatic rings. The van der Waals surface area contributed by atoms with Gasteiger partial charge in [-0.15, -0.1) is 11.6 Å². The summed E-state index contributed by atoms with van der Waals surface area (Å²) >= 11 is 5.35. The number of nitrogens with two attached hydrogens (primary N) is 3.